The molecular formula is C18H26ClFN4. The molecule has 0 radical (unpaired) electrons. The topological polar surface area (TPSA) is 44.9 Å². The second-order valence-electron chi connectivity index (χ2n) is 6.64. The molecule has 2 N–H and O–H groups in total. The molecule has 4 nitrogen and oxygen atoms in total. The maximum Gasteiger partial charge on any atom is 0.191 e. The highest BCUT2D eigenvalue weighted by molar-refractivity contribution is 6.31. The van der Waals surface area contributed by atoms with E-state index in [2.05, 4.69) is 14.8 Å². The summed E-state index contributed by atoms with van der Waals surface area (Å²) >= 11 is 6.31. The molecule has 0 saturated carbocycles. The minimum absolute atomic E-state index is 0.149. The minimum atomic E-state index is -0.258. The molecule has 2 aliphatic heterocycles. The van der Waals surface area contributed by atoms with Crippen molar-refractivity contribution in [3.63, 3.8) is 0 Å². The number of likely N-dealkylation sites (tertiary alicyclic amines) is 2. The first-order chi connectivity index (χ1) is 11.7. The van der Waals surface area contributed by atoms with Gasteiger partial charge >= 0.3 is 0 Å². The van der Waals surface area contributed by atoms with E-state index in [-0.39, 0.29) is 11.9 Å². The number of rotatable bonds is 4. The van der Waals surface area contributed by atoms with Crippen LogP contribution in [0.4, 0.5) is 4.39 Å². The molecule has 0 aromatic heterocycles. The Balaban J connectivity index is 1.80. The van der Waals surface area contributed by atoms with Gasteiger partial charge in [0.25, 0.3) is 0 Å². The third-order valence-corrected chi connectivity index (χ3v) is 5.35. The van der Waals surface area contributed by atoms with Crippen molar-refractivity contribution in [3.8, 4) is 0 Å². The second-order valence-corrected chi connectivity index (χ2v) is 7.05. The lowest BCUT2D eigenvalue weighted by Gasteiger charge is -2.30. The average molecular weight is 353 g/mol. The van der Waals surface area contributed by atoms with E-state index in [1.54, 1.807) is 12.1 Å². The molecule has 24 heavy (non-hydrogen) atoms. The molecule has 1 aromatic rings. The number of hydrogen-bond acceptors (Lipinski definition) is 2. The number of aliphatic imine (C=N–C) groups is 1. The quantitative estimate of drug-likeness (QED) is 0.667. The fourth-order valence-electron chi connectivity index (χ4n) is 3.67. The summed E-state index contributed by atoms with van der Waals surface area (Å²) in [5.74, 6) is 0.317. The van der Waals surface area contributed by atoms with Gasteiger partial charge in [-0.05, 0) is 57.3 Å². The molecule has 0 bridgehead atoms. The number of benzene rings is 1. The van der Waals surface area contributed by atoms with Gasteiger partial charge in [-0.15, -0.1) is 0 Å². The zero-order valence-corrected chi connectivity index (χ0v) is 14.8. The third kappa shape index (κ3) is 4.01. The van der Waals surface area contributed by atoms with Crippen LogP contribution in [0.1, 0.15) is 43.7 Å². The molecule has 1 unspecified atom stereocenters. The highest BCUT2D eigenvalue weighted by Crippen LogP contribution is 2.32. The number of piperidine rings is 1. The van der Waals surface area contributed by atoms with Crippen molar-refractivity contribution < 1.29 is 4.39 Å². The van der Waals surface area contributed by atoms with Crippen LogP contribution >= 0.6 is 11.6 Å². The zero-order chi connectivity index (χ0) is 16.9. The minimum Gasteiger partial charge on any atom is -0.370 e. The summed E-state index contributed by atoms with van der Waals surface area (Å²) in [4.78, 5) is 9.01. The number of hydrogen-bond donors (Lipinski definition) is 1. The summed E-state index contributed by atoms with van der Waals surface area (Å²) < 4.78 is 14.4. The summed E-state index contributed by atoms with van der Waals surface area (Å²) in [6, 6.07) is 4.72. The summed E-state index contributed by atoms with van der Waals surface area (Å²) in [7, 11) is 0. The van der Waals surface area contributed by atoms with E-state index in [4.69, 9.17) is 17.3 Å². The van der Waals surface area contributed by atoms with Gasteiger partial charge in [0.2, 0.25) is 0 Å². The molecule has 6 heteroatoms. The van der Waals surface area contributed by atoms with Crippen LogP contribution in [0.3, 0.4) is 0 Å². The molecule has 3 rings (SSSR count). The van der Waals surface area contributed by atoms with Crippen LogP contribution in [0.5, 0.6) is 0 Å². The van der Waals surface area contributed by atoms with Crippen LogP contribution in [-0.2, 0) is 0 Å². The summed E-state index contributed by atoms with van der Waals surface area (Å²) in [6.07, 6.45) is 5.84. The SMILES string of the molecule is NC(=NCC(c1c(F)cccc1Cl)N1CCCC1)N1CCCCC1. The van der Waals surface area contributed by atoms with Crippen LogP contribution in [0, 0.1) is 5.82 Å². The first kappa shape index (κ1) is 17.5. The Labute approximate surface area is 148 Å². The predicted molar refractivity (Wildman–Crippen MR) is 96.9 cm³/mol. The molecule has 0 amide bonds. The van der Waals surface area contributed by atoms with Crippen LogP contribution < -0.4 is 5.73 Å². The third-order valence-electron chi connectivity index (χ3n) is 5.02. The first-order valence-corrected chi connectivity index (χ1v) is 9.27. The summed E-state index contributed by atoms with van der Waals surface area (Å²) in [5.41, 5.74) is 6.73. The van der Waals surface area contributed by atoms with Gasteiger partial charge in [0, 0.05) is 23.7 Å². The zero-order valence-electron chi connectivity index (χ0n) is 14.1. The molecule has 1 atom stereocenters. The summed E-state index contributed by atoms with van der Waals surface area (Å²) in [6.45, 7) is 4.28. The lowest BCUT2D eigenvalue weighted by molar-refractivity contribution is 0.245. The van der Waals surface area contributed by atoms with Crippen molar-refractivity contribution in [3.05, 3.63) is 34.6 Å². The van der Waals surface area contributed by atoms with Crippen LogP contribution in [-0.4, -0.2) is 48.5 Å². The van der Waals surface area contributed by atoms with Crippen molar-refractivity contribution in [2.24, 2.45) is 10.7 Å². The fourth-order valence-corrected chi connectivity index (χ4v) is 3.96. The largest absolute Gasteiger partial charge is 0.370 e. The van der Waals surface area contributed by atoms with E-state index >= 15 is 0 Å². The van der Waals surface area contributed by atoms with E-state index in [9.17, 15) is 4.39 Å². The lowest BCUT2D eigenvalue weighted by Crippen LogP contribution is -2.41. The lowest BCUT2D eigenvalue weighted by atomic mass is 10.0. The number of nitrogens with zero attached hydrogens (tertiary/aromatic N) is 3. The Hall–Kier alpha value is -1.33. The molecule has 132 valence electrons. The van der Waals surface area contributed by atoms with E-state index in [0.717, 1.165) is 51.9 Å². The van der Waals surface area contributed by atoms with Gasteiger partial charge in [0.1, 0.15) is 5.82 Å². The molecule has 1 aromatic carbocycles. The number of halogens is 2. The average Bonchev–Trinajstić information content (AvgIpc) is 3.12. The fraction of sp³-hybridized carbons (Fsp3) is 0.611. The molecule has 0 spiro atoms. The Bertz CT molecular complexity index is 560. The monoisotopic (exact) mass is 352 g/mol. The predicted octanol–water partition coefficient (Wildman–Crippen LogP) is 3.42. The number of guanidine groups is 1. The van der Waals surface area contributed by atoms with Gasteiger partial charge in [0.15, 0.2) is 5.96 Å². The Morgan fingerprint density at radius 1 is 1.12 bits per heavy atom. The second kappa shape index (κ2) is 8.17. The van der Waals surface area contributed by atoms with E-state index < -0.39 is 0 Å². The molecule has 2 heterocycles. The normalized spacial score (nSPS) is 21.2. The van der Waals surface area contributed by atoms with Crippen LogP contribution in [0.15, 0.2) is 23.2 Å². The van der Waals surface area contributed by atoms with Gasteiger partial charge in [-0.25, -0.2) is 4.39 Å². The Morgan fingerprint density at radius 3 is 2.46 bits per heavy atom. The highest BCUT2D eigenvalue weighted by Gasteiger charge is 2.27. The molecule has 2 fully saturated rings. The smallest absolute Gasteiger partial charge is 0.191 e. The standard InChI is InChI=1S/C18H26ClFN4/c19-14-7-6-8-15(20)17(14)16(23-9-4-5-10-23)13-22-18(21)24-11-2-1-3-12-24/h6-8,16H,1-5,9-13H2,(H2,21,22). The maximum atomic E-state index is 14.4. The molecular weight excluding hydrogens is 327 g/mol. The van der Waals surface area contributed by atoms with Gasteiger partial charge in [0.05, 0.1) is 12.6 Å². The van der Waals surface area contributed by atoms with Crippen molar-refractivity contribution in [1.82, 2.24) is 9.80 Å². The molecule has 2 saturated heterocycles. The van der Waals surface area contributed by atoms with Crippen molar-refractivity contribution in [1.29, 1.82) is 0 Å². The van der Waals surface area contributed by atoms with Crippen molar-refractivity contribution in [2.75, 3.05) is 32.7 Å². The van der Waals surface area contributed by atoms with Crippen LogP contribution in [0.2, 0.25) is 5.02 Å². The number of nitrogens with two attached hydrogens (primary N) is 1. The summed E-state index contributed by atoms with van der Waals surface area (Å²) in [5, 5.41) is 0.471. The van der Waals surface area contributed by atoms with E-state index in [0.29, 0.717) is 23.1 Å². The molecule has 0 aliphatic carbocycles. The maximum absolute atomic E-state index is 14.4. The van der Waals surface area contributed by atoms with Crippen molar-refractivity contribution >= 4 is 17.6 Å². The van der Waals surface area contributed by atoms with Crippen molar-refractivity contribution in [2.45, 2.75) is 38.1 Å². The van der Waals surface area contributed by atoms with Gasteiger partial charge in [-0.2, -0.15) is 0 Å². The first-order valence-electron chi connectivity index (χ1n) is 8.89. The Kier molecular flexibility index (Phi) is 5.95. The molecule has 2 aliphatic rings. The van der Waals surface area contributed by atoms with Gasteiger partial charge in [-0.1, -0.05) is 17.7 Å². The van der Waals surface area contributed by atoms with E-state index in [1.165, 1.54) is 12.5 Å². The Morgan fingerprint density at radius 2 is 1.79 bits per heavy atom. The van der Waals surface area contributed by atoms with E-state index in [1.807, 2.05) is 0 Å². The van der Waals surface area contributed by atoms with Crippen LogP contribution in [0.25, 0.3) is 0 Å². The highest BCUT2D eigenvalue weighted by atomic mass is 35.5. The van der Waals surface area contributed by atoms with Gasteiger partial charge in [-0.3, -0.25) is 9.89 Å². The van der Waals surface area contributed by atoms with Gasteiger partial charge < -0.3 is 10.6 Å².